The zero-order valence-corrected chi connectivity index (χ0v) is 15.0. The molecule has 122 valence electrons. The zero-order chi connectivity index (χ0) is 16.5. The van der Waals surface area contributed by atoms with Crippen LogP contribution in [-0.2, 0) is 4.79 Å². The van der Waals surface area contributed by atoms with Crippen molar-refractivity contribution in [3.63, 3.8) is 0 Å². The van der Waals surface area contributed by atoms with Crippen molar-refractivity contribution in [3.8, 4) is 5.75 Å². The lowest BCUT2D eigenvalue weighted by molar-refractivity contribution is -0.113. The van der Waals surface area contributed by atoms with E-state index in [2.05, 4.69) is 5.32 Å². The van der Waals surface area contributed by atoms with Gasteiger partial charge in [-0.05, 0) is 43.5 Å². The molecule has 0 unspecified atom stereocenters. The molecule has 0 spiro atoms. The van der Waals surface area contributed by atoms with Gasteiger partial charge >= 0.3 is 0 Å². The number of nitrogens with one attached hydrogen (secondary N) is 1. The van der Waals surface area contributed by atoms with Gasteiger partial charge in [-0.1, -0.05) is 23.8 Å². The van der Waals surface area contributed by atoms with E-state index in [1.54, 1.807) is 23.5 Å². The topological polar surface area (TPSA) is 38.3 Å². The molecule has 1 amide bonds. The fourth-order valence-corrected chi connectivity index (χ4v) is 2.98. The fourth-order valence-electron chi connectivity index (χ4n) is 1.92. The average Bonchev–Trinajstić information content (AvgIpc) is 2.56. The minimum absolute atomic E-state index is 0.0172. The maximum Gasteiger partial charge on any atom is 0.234 e. The van der Waals surface area contributed by atoms with E-state index in [-0.39, 0.29) is 5.91 Å². The van der Waals surface area contributed by atoms with Crippen LogP contribution in [0.4, 0.5) is 5.69 Å². The Balaban J connectivity index is 1.63. The van der Waals surface area contributed by atoms with Crippen LogP contribution < -0.4 is 10.1 Å². The molecule has 2 rings (SSSR count). The van der Waals surface area contributed by atoms with Crippen LogP contribution in [0.1, 0.15) is 5.56 Å². The number of hydrogen-bond acceptors (Lipinski definition) is 4. The molecule has 0 bridgehead atoms. The number of ether oxygens (including phenoxy) is 1. The summed E-state index contributed by atoms with van der Waals surface area (Å²) in [6.45, 7) is 2.65. The molecule has 5 heteroatoms. The van der Waals surface area contributed by atoms with Crippen molar-refractivity contribution in [2.75, 3.05) is 29.7 Å². The standard InChI is InChI=1S/C18H21NO2S2/c1-14-6-8-16(9-7-14)21-10-11-23-13-18(20)19-15-4-3-5-17(12-15)22-2/h3-9,12H,10-11,13H2,1-2H3,(H,19,20). The molecule has 0 aliphatic rings. The van der Waals surface area contributed by atoms with Crippen molar-refractivity contribution in [3.05, 3.63) is 54.1 Å². The summed E-state index contributed by atoms with van der Waals surface area (Å²) in [5, 5.41) is 2.92. The number of thioether (sulfide) groups is 2. The number of aryl methyl sites for hydroxylation is 1. The highest BCUT2D eigenvalue weighted by Gasteiger charge is 2.03. The minimum atomic E-state index is 0.0172. The quantitative estimate of drug-likeness (QED) is 0.565. The van der Waals surface area contributed by atoms with Crippen LogP contribution in [0.5, 0.6) is 5.75 Å². The largest absolute Gasteiger partial charge is 0.493 e. The smallest absolute Gasteiger partial charge is 0.234 e. The summed E-state index contributed by atoms with van der Waals surface area (Å²) in [6.07, 6.45) is 2.02. The molecule has 0 aliphatic carbocycles. The van der Waals surface area contributed by atoms with Gasteiger partial charge in [-0.25, -0.2) is 0 Å². The van der Waals surface area contributed by atoms with Crippen LogP contribution in [-0.4, -0.2) is 30.3 Å². The number of carbonyl (C=O) groups is 1. The van der Waals surface area contributed by atoms with E-state index in [0.717, 1.165) is 22.1 Å². The molecule has 0 aliphatic heterocycles. The van der Waals surface area contributed by atoms with E-state index in [1.165, 1.54) is 5.56 Å². The Morgan fingerprint density at radius 1 is 1.17 bits per heavy atom. The fraction of sp³-hybridized carbons (Fsp3) is 0.278. The average molecular weight is 348 g/mol. The number of benzene rings is 2. The maximum absolute atomic E-state index is 11.9. The van der Waals surface area contributed by atoms with Gasteiger partial charge in [-0.2, -0.15) is 0 Å². The predicted molar refractivity (Wildman–Crippen MR) is 101 cm³/mol. The van der Waals surface area contributed by atoms with Gasteiger partial charge in [0.1, 0.15) is 5.75 Å². The van der Waals surface area contributed by atoms with Gasteiger partial charge in [-0.15, -0.1) is 23.5 Å². The van der Waals surface area contributed by atoms with Crippen LogP contribution in [0, 0.1) is 6.92 Å². The van der Waals surface area contributed by atoms with Crippen LogP contribution in [0.25, 0.3) is 0 Å². The lowest BCUT2D eigenvalue weighted by Gasteiger charge is -2.08. The molecule has 0 atom stereocenters. The van der Waals surface area contributed by atoms with E-state index in [4.69, 9.17) is 4.74 Å². The van der Waals surface area contributed by atoms with Gasteiger partial charge in [0.05, 0.1) is 12.4 Å². The SMILES string of the molecule is CSc1cccc(NC(=O)CSCCOc2ccc(C)cc2)c1. The van der Waals surface area contributed by atoms with Gasteiger partial charge in [-0.3, -0.25) is 4.79 Å². The van der Waals surface area contributed by atoms with Crippen molar-refractivity contribution in [1.29, 1.82) is 0 Å². The van der Waals surface area contributed by atoms with Crippen molar-refractivity contribution in [2.45, 2.75) is 11.8 Å². The van der Waals surface area contributed by atoms with Gasteiger partial charge in [0.15, 0.2) is 0 Å². The summed E-state index contributed by atoms with van der Waals surface area (Å²) in [5.41, 5.74) is 2.06. The van der Waals surface area contributed by atoms with E-state index in [0.29, 0.717) is 12.4 Å². The van der Waals surface area contributed by atoms with E-state index < -0.39 is 0 Å². The number of rotatable bonds is 8. The van der Waals surface area contributed by atoms with Crippen LogP contribution in [0.15, 0.2) is 53.4 Å². The molecular formula is C18H21NO2S2. The third kappa shape index (κ3) is 6.59. The first-order valence-corrected chi connectivity index (χ1v) is 9.76. The Bertz CT molecular complexity index is 629. The monoisotopic (exact) mass is 347 g/mol. The second-order valence-corrected chi connectivity index (χ2v) is 6.98. The second kappa shape index (κ2) is 9.53. The molecule has 0 radical (unpaired) electrons. The molecule has 0 fully saturated rings. The molecule has 3 nitrogen and oxygen atoms in total. The number of hydrogen-bond donors (Lipinski definition) is 1. The second-order valence-electron chi connectivity index (χ2n) is 4.99. The highest BCUT2D eigenvalue weighted by Crippen LogP contribution is 2.19. The Morgan fingerprint density at radius 3 is 2.70 bits per heavy atom. The zero-order valence-electron chi connectivity index (χ0n) is 13.4. The van der Waals surface area contributed by atoms with Crippen LogP contribution in [0.3, 0.4) is 0 Å². The van der Waals surface area contributed by atoms with Crippen molar-refractivity contribution < 1.29 is 9.53 Å². The summed E-state index contributed by atoms with van der Waals surface area (Å²) >= 11 is 3.23. The van der Waals surface area contributed by atoms with Crippen LogP contribution in [0.2, 0.25) is 0 Å². The summed E-state index contributed by atoms with van der Waals surface area (Å²) in [5.74, 6) is 2.10. The van der Waals surface area contributed by atoms with Crippen LogP contribution >= 0.6 is 23.5 Å². The van der Waals surface area contributed by atoms with E-state index in [9.17, 15) is 4.79 Å². The summed E-state index contributed by atoms with van der Waals surface area (Å²) < 4.78 is 5.64. The highest BCUT2D eigenvalue weighted by molar-refractivity contribution is 8.00. The Morgan fingerprint density at radius 2 is 1.96 bits per heavy atom. The highest BCUT2D eigenvalue weighted by atomic mass is 32.2. The molecule has 0 saturated carbocycles. The molecular weight excluding hydrogens is 326 g/mol. The summed E-state index contributed by atoms with van der Waals surface area (Å²) in [4.78, 5) is 13.0. The first-order valence-electron chi connectivity index (χ1n) is 7.38. The van der Waals surface area contributed by atoms with Gasteiger partial charge in [0.25, 0.3) is 0 Å². The lowest BCUT2D eigenvalue weighted by Crippen LogP contribution is -2.15. The first kappa shape index (κ1) is 17.8. The van der Waals surface area contributed by atoms with Crippen molar-refractivity contribution in [1.82, 2.24) is 0 Å². The van der Waals surface area contributed by atoms with E-state index >= 15 is 0 Å². The third-order valence-electron chi connectivity index (χ3n) is 3.10. The Hall–Kier alpha value is -1.59. The third-order valence-corrected chi connectivity index (χ3v) is 4.75. The van der Waals surface area contributed by atoms with Gasteiger partial charge in [0, 0.05) is 16.3 Å². The number of amides is 1. The van der Waals surface area contributed by atoms with Crippen molar-refractivity contribution in [2.24, 2.45) is 0 Å². The normalized spacial score (nSPS) is 10.3. The predicted octanol–water partition coefficient (Wildman–Crippen LogP) is 4.47. The Labute approximate surface area is 146 Å². The lowest BCUT2D eigenvalue weighted by atomic mass is 10.2. The first-order chi connectivity index (χ1) is 11.2. The minimum Gasteiger partial charge on any atom is -0.493 e. The van der Waals surface area contributed by atoms with Gasteiger partial charge < -0.3 is 10.1 Å². The molecule has 1 N–H and O–H groups in total. The number of anilines is 1. The van der Waals surface area contributed by atoms with E-state index in [1.807, 2.05) is 61.7 Å². The molecule has 2 aromatic rings. The van der Waals surface area contributed by atoms with Crippen molar-refractivity contribution >= 4 is 35.1 Å². The molecule has 0 saturated heterocycles. The molecule has 23 heavy (non-hydrogen) atoms. The Kier molecular flexibility index (Phi) is 7.36. The maximum atomic E-state index is 11.9. The number of carbonyl (C=O) groups excluding carboxylic acids is 1. The van der Waals surface area contributed by atoms with Gasteiger partial charge in [0.2, 0.25) is 5.91 Å². The molecule has 2 aromatic carbocycles. The summed E-state index contributed by atoms with van der Waals surface area (Å²) in [6, 6.07) is 15.8. The molecule has 0 heterocycles. The molecule has 0 aromatic heterocycles. The summed E-state index contributed by atoms with van der Waals surface area (Å²) in [7, 11) is 0.